The molecule has 2 heterocycles. The number of carbonyl (C=O) groups excluding carboxylic acids is 1. The van der Waals surface area contributed by atoms with Crippen molar-refractivity contribution < 1.29 is 9.21 Å². The number of rotatable bonds is 5. The summed E-state index contributed by atoms with van der Waals surface area (Å²) in [5.74, 6) is 2.31. The van der Waals surface area contributed by atoms with E-state index in [4.69, 9.17) is 9.68 Å². The van der Waals surface area contributed by atoms with Crippen molar-refractivity contribution in [2.75, 3.05) is 0 Å². The van der Waals surface area contributed by atoms with Gasteiger partial charge in [-0.25, -0.2) is 4.98 Å². The number of H-pyrrole nitrogens is 1. The molecule has 1 amide bonds. The van der Waals surface area contributed by atoms with Gasteiger partial charge in [0.15, 0.2) is 0 Å². The van der Waals surface area contributed by atoms with Crippen LogP contribution in [-0.2, 0) is 4.79 Å². The molecule has 0 radical (unpaired) electrons. The molecule has 1 fully saturated rings. The molecule has 4 aromatic rings. The predicted octanol–water partition coefficient (Wildman–Crippen LogP) is 4.55. The number of benzene rings is 2. The average molecular weight is 384 g/mol. The van der Waals surface area contributed by atoms with Crippen molar-refractivity contribution in [1.82, 2.24) is 15.3 Å². The molecule has 0 aliphatic heterocycles. The van der Waals surface area contributed by atoms with E-state index in [-0.39, 0.29) is 11.9 Å². The van der Waals surface area contributed by atoms with Crippen molar-refractivity contribution in [3.05, 3.63) is 65.7 Å². The van der Waals surface area contributed by atoms with Gasteiger partial charge in [0.25, 0.3) is 0 Å². The second-order valence-electron chi connectivity index (χ2n) is 7.75. The first-order valence-corrected chi connectivity index (χ1v) is 9.78. The summed E-state index contributed by atoms with van der Waals surface area (Å²) in [6, 6.07) is 17.1. The van der Waals surface area contributed by atoms with Crippen LogP contribution in [-0.4, -0.2) is 15.9 Å². The first kappa shape index (κ1) is 17.5. The molecule has 1 aliphatic carbocycles. The van der Waals surface area contributed by atoms with Crippen LogP contribution in [0.3, 0.4) is 0 Å². The minimum absolute atomic E-state index is 0.0132. The molecule has 1 saturated carbocycles. The van der Waals surface area contributed by atoms with Crippen LogP contribution in [0.1, 0.15) is 48.9 Å². The molecular formula is C23H20N4O2. The summed E-state index contributed by atoms with van der Waals surface area (Å²) in [5.41, 5.74) is 3.31. The number of fused-ring (bicyclic) bond motifs is 2. The molecule has 0 unspecified atom stereocenters. The minimum atomic E-state index is -0.233. The van der Waals surface area contributed by atoms with Crippen molar-refractivity contribution in [3.8, 4) is 6.07 Å². The van der Waals surface area contributed by atoms with Crippen LogP contribution in [0.25, 0.3) is 22.0 Å². The Morgan fingerprint density at radius 3 is 3.03 bits per heavy atom. The fourth-order valence-electron chi connectivity index (χ4n) is 3.91. The lowest BCUT2D eigenvalue weighted by atomic mass is 10.1. The van der Waals surface area contributed by atoms with E-state index in [0.717, 1.165) is 28.7 Å². The van der Waals surface area contributed by atoms with E-state index in [1.807, 2.05) is 37.3 Å². The lowest BCUT2D eigenvalue weighted by Crippen LogP contribution is -2.26. The SMILES string of the molecule is C[C@@H](NC(=O)C[C@@H]1C[C@@H]1c1nc2ccccc2[nH]1)c1cc2cc(C#N)ccc2o1. The summed E-state index contributed by atoms with van der Waals surface area (Å²) in [4.78, 5) is 20.5. The van der Waals surface area contributed by atoms with Crippen LogP contribution >= 0.6 is 0 Å². The molecule has 6 heteroatoms. The molecule has 144 valence electrons. The second-order valence-corrected chi connectivity index (χ2v) is 7.75. The Hall–Kier alpha value is -3.59. The third kappa shape index (κ3) is 3.36. The van der Waals surface area contributed by atoms with E-state index >= 15 is 0 Å². The van der Waals surface area contributed by atoms with E-state index in [1.54, 1.807) is 18.2 Å². The standard InChI is InChI=1S/C23H20N4O2/c1-13(21-10-16-8-14(12-24)6-7-20(16)29-21)25-22(28)11-15-9-17(15)23-26-18-4-2-3-5-19(18)27-23/h2-8,10,13,15,17H,9,11H2,1H3,(H,25,28)(H,26,27)/t13-,15+,17+/m1/s1. The third-order valence-corrected chi connectivity index (χ3v) is 5.60. The van der Waals surface area contributed by atoms with E-state index in [0.29, 0.717) is 35.2 Å². The fraction of sp³-hybridized carbons (Fsp3) is 0.261. The van der Waals surface area contributed by atoms with Crippen molar-refractivity contribution >= 4 is 27.9 Å². The van der Waals surface area contributed by atoms with Gasteiger partial charge in [-0.3, -0.25) is 4.79 Å². The number of amides is 1. The molecule has 0 bridgehead atoms. The Morgan fingerprint density at radius 1 is 1.34 bits per heavy atom. The van der Waals surface area contributed by atoms with E-state index < -0.39 is 0 Å². The van der Waals surface area contributed by atoms with Gasteiger partial charge in [0, 0.05) is 17.7 Å². The number of nitriles is 1. The maximum absolute atomic E-state index is 12.5. The molecule has 0 saturated heterocycles. The highest BCUT2D eigenvalue weighted by Crippen LogP contribution is 2.48. The highest BCUT2D eigenvalue weighted by Gasteiger charge is 2.41. The highest BCUT2D eigenvalue weighted by atomic mass is 16.3. The van der Waals surface area contributed by atoms with Crippen LogP contribution in [0.5, 0.6) is 0 Å². The normalized spacial score (nSPS) is 19.2. The topological polar surface area (TPSA) is 94.7 Å². The number of para-hydroxylation sites is 2. The summed E-state index contributed by atoms with van der Waals surface area (Å²) in [7, 11) is 0. The largest absolute Gasteiger partial charge is 0.459 e. The maximum atomic E-state index is 12.5. The summed E-state index contributed by atoms with van der Waals surface area (Å²) in [5, 5.41) is 12.9. The van der Waals surface area contributed by atoms with Crippen molar-refractivity contribution in [2.45, 2.75) is 31.7 Å². The van der Waals surface area contributed by atoms with Crippen LogP contribution in [0.2, 0.25) is 0 Å². The van der Waals surface area contributed by atoms with Crippen molar-refractivity contribution in [2.24, 2.45) is 5.92 Å². The minimum Gasteiger partial charge on any atom is -0.459 e. The first-order chi connectivity index (χ1) is 14.1. The van der Waals surface area contributed by atoms with Gasteiger partial charge in [0.05, 0.1) is 28.7 Å². The number of furan rings is 1. The number of aromatic amines is 1. The Morgan fingerprint density at radius 2 is 2.21 bits per heavy atom. The van der Waals surface area contributed by atoms with E-state index in [2.05, 4.69) is 21.4 Å². The van der Waals surface area contributed by atoms with Gasteiger partial charge in [-0.05, 0) is 55.7 Å². The van der Waals surface area contributed by atoms with Crippen LogP contribution in [0.4, 0.5) is 0 Å². The average Bonchev–Trinajstić information content (AvgIpc) is 3.16. The number of nitrogens with one attached hydrogen (secondary N) is 2. The van der Waals surface area contributed by atoms with Gasteiger partial charge in [-0.2, -0.15) is 5.26 Å². The van der Waals surface area contributed by atoms with Crippen molar-refractivity contribution in [1.29, 1.82) is 5.26 Å². The van der Waals surface area contributed by atoms with E-state index in [1.165, 1.54) is 0 Å². The summed E-state index contributed by atoms with van der Waals surface area (Å²) < 4.78 is 5.84. The number of aromatic nitrogens is 2. The predicted molar refractivity (Wildman–Crippen MR) is 109 cm³/mol. The highest BCUT2D eigenvalue weighted by molar-refractivity contribution is 5.81. The summed E-state index contributed by atoms with van der Waals surface area (Å²) in [6.45, 7) is 1.91. The quantitative estimate of drug-likeness (QED) is 0.528. The molecule has 3 atom stereocenters. The van der Waals surface area contributed by atoms with Crippen molar-refractivity contribution in [3.63, 3.8) is 0 Å². The smallest absolute Gasteiger partial charge is 0.220 e. The molecule has 0 spiro atoms. The lowest BCUT2D eigenvalue weighted by molar-refractivity contribution is -0.122. The zero-order chi connectivity index (χ0) is 20.0. The number of carbonyl (C=O) groups is 1. The second kappa shape index (κ2) is 6.78. The maximum Gasteiger partial charge on any atom is 0.220 e. The lowest BCUT2D eigenvalue weighted by Gasteiger charge is -2.11. The van der Waals surface area contributed by atoms with Gasteiger partial charge in [-0.15, -0.1) is 0 Å². The zero-order valence-electron chi connectivity index (χ0n) is 16.0. The molecule has 29 heavy (non-hydrogen) atoms. The molecule has 2 aromatic carbocycles. The van der Waals surface area contributed by atoms with E-state index in [9.17, 15) is 4.79 Å². The number of nitrogens with zero attached hydrogens (tertiary/aromatic N) is 2. The summed E-state index contributed by atoms with van der Waals surface area (Å²) in [6.07, 6.45) is 1.45. The molecule has 2 aromatic heterocycles. The van der Waals surface area contributed by atoms with Crippen LogP contribution in [0.15, 0.2) is 52.9 Å². The molecular weight excluding hydrogens is 364 g/mol. The Bertz CT molecular complexity index is 1230. The van der Waals surface area contributed by atoms with Gasteiger partial charge in [-0.1, -0.05) is 12.1 Å². The molecule has 6 nitrogen and oxygen atoms in total. The molecule has 5 rings (SSSR count). The number of imidazole rings is 1. The summed E-state index contributed by atoms with van der Waals surface area (Å²) >= 11 is 0. The number of hydrogen-bond acceptors (Lipinski definition) is 4. The molecule has 2 N–H and O–H groups in total. The molecule has 1 aliphatic rings. The Balaban J connectivity index is 1.21. The van der Waals surface area contributed by atoms with Crippen LogP contribution < -0.4 is 5.32 Å². The van der Waals surface area contributed by atoms with Gasteiger partial charge in [0.2, 0.25) is 5.91 Å². The van der Waals surface area contributed by atoms with Crippen LogP contribution in [0, 0.1) is 17.2 Å². The zero-order valence-corrected chi connectivity index (χ0v) is 16.0. The van der Waals surface area contributed by atoms with Gasteiger partial charge >= 0.3 is 0 Å². The number of hydrogen-bond donors (Lipinski definition) is 2. The van der Waals surface area contributed by atoms with Gasteiger partial charge in [0.1, 0.15) is 17.2 Å². The first-order valence-electron chi connectivity index (χ1n) is 9.78. The monoisotopic (exact) mass is 384 g/mol. The Kier molecular flexibility index (Phi) is 4.09. The van der Waals surface area contributed by atoms with Gasteiger partial charge < -0.3 is 14.7 Å². The third-order valence-electron chi connectivity index (χ3n) is 5.60. The Labute approximate surface area is 167 Å². The fourth-order valence-corrected chi connectivity index (χ4v) is 3.91.